The Balaban J connectivity index is 2.18. The van der Waals surface area contributed by atoms with Crippen LogP contribution in [0.4, 0.5) is 14.5 Å². The van der Waals surface area contributed by atoms with E-state index in [1.807, 2.05) is 0 Å². The van der Waals surface area contributed by atoms with E-state index in [2.05, 4.69) is 10.6 Å². The zero-order chi connectivity index (χ0) is 23.1. The smallest absolute Gasteiger partial charge is 0.326 e. The largest absolute Gasteiger partial charge is 0.480 e. The van der Waals surface area contributed by atoms with Gasteiger partial charge in [0.05, 0.1) is 4.92 Å². The first kappa shape index (κ1) is 23.4. The molecule has 0 fully saturated rings. The number of rotatable bonds is 9. The third kappa shape index (κ3) is 6.84. The molecule has 0 radical (unpaired) electrons. The Hall–Kier alpha value is -3.89. The number of amides is 2. The number of hydrogen-bond acceptors (Lipinski definition) is 5. The fourth-order valence-electron chi connectivity index (χ4n) is 2.84. The second-order valence-electron chi connectivity index (χ2n) is 6.73. The first-order valence-corrected chi connectivity index (χ1v) is 9.04. The molecule has 9 nitrogen and oxygen atoms in total. The number of nitrogens with one attached hydrogen (secondary N) is 2. The Morgan fingerprint density at radius 1 is 1.00 bits per heavy atom. The summed E-state index contributed by atoms with van der Waals surface area (Å²) in [6.45, 7) is 1.18. The fraction of sp³-hybridized carbons (Fsp3) is 0.250. The number of hydrogen-bond donors (Lipinski definition) is 3. The number of carboxylic acids is 1. The summed E-state index contributed by atoms with van der Waals surface area (Å²) in [7, 11) is 0. The highest BCUT2D eigenvalue weighted by Crippen LogP contribution is 2.19. The second kappa shape index (κ2) is 10.2. The topological polar surface area (TPSA) is 139 Å². The number of carboxylic acid groups (broad SMARTS) is 1. The predicted molar refractivity (Wildman–Crippen MR) is 104 cm³/mol. The van der Waals surface area contributed by atoms with Crippen molar-refractivity contribution >= 4 is 23.5 Å². The summed E-state index contributed by atoms with van der Waals surface area (Å²) in [5, 5.41) is 25.0. The number of carbonyl (C=O) groups is 3. The van der Waals surface area contributed by atoms with Gasteiger partial charge in [-0.3, -0.25) is 19.7 Å². The van der Waals surface area contributed by atoms with Gasteiger partial charge in [0.15, 0.2) is 0 Å². The van der Waals surface area contributed by atoms with Crippen molar-refractivity contribution < 1.29 is 33.2 Å². The van der Waals surface area contributed by atoms with Crippen LogP contribution in [0.2, 0.25) is 0 Å². The first-order chi connectivity index (χ1) is 14.6. The molecule has 2 aromatic rings. The summed E-state index contributed by atoms with van der Waals surface area (Å²) >= 11 is 0. The molecule has 2 atom stereocenters. The molecule has 31 heavy (non-hydrogen) atoms. The zero-order valence-electron chi connectivity index (χ0n) is 16.3. The predicted octanol–water partition coefficient (Wildman–Crippen LogP) is 1.73. The lowest BCUT2D eigenvalue weighted by Crippen LogP contribution is -2.52. The van der Waals surface area contributed by atoms with E-state index in [4.69, 9.17) is 0 Å². The number of nitro benzene ring substituents is 1. The van der Waals surface area contributed by atoms with E-state index in [-0.39, 0.29) is 18.4 Å². The molecule has 0 aromatic heterocycles. The number of nitrogens with zero attached hydrogens (tertiary/aromatic N) is 1. The van der Waals surface area contributed by atoms with Crippen molar-refractivity contribution in [3.8, 4) is 0 Å². The molecule has 0 aliphatic heterocycles. The van der Waals surface area contributed by atoms with Crippen LogP contribution < -0.4 is 10.6 Å². The van der Waals surface area contributed by atoms with Gasteiger partial charge in [0, 0.05) is 25.8 Å². The molecule has 0 spiro atoms. The van der Waals surface area contributed by atoms with Crippen molar-refractivity contribution in [3.63, 3.8) is 0 Å². The lowest BCUT2D eigenvalue weighted by atomic mass is 10.0. The van der Waals surface area contributed by atoms with Gasteiger partial charge >= 0.3 is 11.7 Å². The molecule has 11 heteroatoms. The highest BCUT2D eigenvalue weighted by atomic mass is 19.1. The molecule has 0 heterocycles. The molecule has 0 saturated heterocycles. The minimum absolute atomic E-state index is 0.0277. The molecule has 0 bridgehead atoms. The number of aliphatic carboxylic acids is 1. The lowest BCUT2D eigenvalue weighted by molar-refractivity contribution is -0.387. The van der Waals surface area contributed by atoms with Crippen LogP contribution in [-0.4, -0.2) is 39.9 Å². The maximum atomic E-state index is 13.5. The minimum atomic E-state index is -1.50. The summed E-state index contributed by atoms with van der Waals surface area (Å²) in [6, 6.07) is 5.46. The van der Waals surface area contributed by atoms with Crippen molar-refractivity contribution in [1.82, 2.24) is 10.6 Å². The van der Waals surface area contributed by atoms with E-state index in [0.717, 1.165) is 12.1 Å². The van der Waals surface area contributed by atoms with Gasteiger partial charge in [0.25, 0.3) is 0 Å². The normalized spacial score (nSPS) is 12.5. The van der Waals surface area contributed by atoms with Gasteiger partial charge in [-0.25, -0.2) is 9.18 Å². The van der Waals surface area contributed by atoms with Crippen LogP contribution >= 0.6 is 0 Å². The quantitative estimate of drug-likeness (QED) is 0.405. The zero-order valence-corrected chi connectivity index (χ0v) is 16.3. The molecule has 2 aromatic carbocycles. The van der Waals surface area contributed by atoms with Crippen LogP contribution in [0.25, 0.3) is 0 Å². The average molecular weight is 435 g/mol. The van der Waals surface area contributed by atoms with E-state index in [0.29, 0.717) is 5.56 Å². The molecule has 0 aliphatic carbocycles. The average Bonchev–Trinajstić information content (AvgIpc) is 2.69. The molecule has 0 saturated carbocycles. The fourth-order valence-corrected chi connectivity index (χ4v) is 2.84. The molecule has 164 valence electrons. The third-order valence-electron chi connectivity index (χ3n) is 4.31. The Labute approximate surface area is 175 Å². The molecule has 2 rings (SSSR count). The maximum absolute atomic E-state index is 13.5. The van der Waals surface area contributed by atoms with Gasteiger partial charge in [0.2, 0.25) is 17.6 Å². The molecular formula is C20H19F2N3O6. The monoisotopic (exact) mass is 435 g/mol. The second-order valence-corrected chi connectivity index (χ2v) is 6.73. The standard InChI is InChI=1S/C20H19F2N3O6/c1-11(26)23-16(8-12-2-5-14(21)6-3-12)19(27)24-17(20(28)29)9-13-4-7-15(22)18(10-13)25(30)31/h2-7,10,16-17H,8-9H2,1H3,(H,23,26)(H,24,27)(H,28,29)/t16-,17-/m0/s1. The molecule has 0 aliphatic rings. The van der Waals surface area contributed by atoms with Crippen LogP contribution in [0, 0.1) is 21.7 Å². The Bertz CT molecular complexity index is 997. The Kier molecular flexibility index (Phi) is 7.72. The van der Waals surface area contributed by atoms with Gasteiger partial charge < -0.3 is 15.7 Å². The summed E-state index contributed by atoms with van der Waals surface area (Å²) in [5.74, 6) is -4.34. The number of benzene rings is 2. The SMILES string of the molecule is CC(=O)N[C@@H](Cc1ccc(F)cc1)C(=O)N[C@@H](Cc1ccc(F)c([N+](=O)[O-])c1)C(=O)O. The van der Waals surface area contributed by atoms with Gasteiger partial charge in [0.1, 0.15) is 17.9 Å². The van der Waals surface area contributed by atoms with Crippen molar-refractivity contribution in [3.05, 3.63) is 75.3 Å². The minimum Gasteiger partial charge on any atom is -0.480 e. The Morgan fingerprint density at radius 2 is 1.58 bits per heavy atom. The summed E-state index contributed by atoms with van der Waals surface area (Å²) < 4.78 is 26.6. The number of carbonyl (C=O) groups excluding carboxylic acids is 2. The number of halogens is 2. The van der Waals surface area contributed by atoms with Crippen LogP contribution in [0.3, 0.4) is 0 Å². The van der Waals surface area contributed by atoms with Crippen LogP contribution in [0.15, 0.2) is 42.5 Å². The maximum Gasteiger partial charge on any atom is 0.326 e. The van der Waals surface area contributed by atoms with E-state index in [1.165, 1.54) is 37.3 Å². The van der Waals surface area contributed by atoms with Crippen molar-refractivity contribution in [2.45, 2.75) is 31.8 Å². The van der Waals surface area contributed by atoms with Crippen molar-refractivity contribution in [1.29, 1.82) is 0 Å². The summed E-state index contributed by atoms with van der Waals surface area (Å²) in [5.41, 5.74) is -0.174. The number of nitro groups is 1. The van der Waals surface area contributed by atoms with Crippen LogP contribution in [0.5, 0.6) is 0 Å². The third-order valence-corrected chi connectivity index (χ3v) is 4.31. The lowest BCUT2D eigenvalue weighted by Gasteiger charge is -2.21. The van der Waals surface area contributed by atoms with Crippen LogP contribution in [0.1, 0.15) is 18.1 Å². The van der Waals surface area contributed by atoms with E-state index in [1.54, 1.807) is 0 Å². The molecule has 2 amide bonds. The van der Waals surface area contributed by atoms with Gasteiger partial charge in [-0.2, -0.15) is 4.39 Å². The van der Waals surface area contributed by atoms with Crippen molar-refractivity contribution in [2.24, 2.45) is 0 Å². The van der Waals surface area contributed by atoms with E-state index in [9.17, 15) is 38.4 Å². The molecular weight excluding hydrogens is 416 g/mol. The van der Waals surface area contributed by atoms with Crippen molar-refractivity contribution in [2.75, 3.05) is 0 Å². The van der Waals surface area contributed by atoms with Gasteiger partial charge in [-0.05, 0) is 29.3 Å². The summed E-state index contributed by atoms with van der Waals surface area (Å²) in [4.78, 5) is 45.7. The van der Waals surface area contributed by atoms with E-state index < -0.39 is 52.1 Å². The summed E-state index contributed by atoms with van der Waals surface area (Å²) in [6.07, 6.45) is -0.383. The van der Waals surface area contributed by atoms with Gasteiger partial charge in [-0.1, -0.05) is 18.2 Å². The highest BCUT2D eigenvalue weighted by Gasteiger charge is 2.27. The molecule has 3 N–H and O–H groups in total. The van der Waals surface area contributed by atoms with Gasteiger partial charge in [-0.15, -0.1) is 0 Å². The van der Waals surface area contributed by atoms with E-state index >= 15 is 0 Å². The Morgan fingerprint density at radius 3 is 2.13 bits per heavy atom. The first-order valence-electron chi connectivity index (χ1n) is 9.04. The molecule has 0 unspecified atom stereocenters. The highest BCUT2D eigenvalue weighted by molar-refractivity contribution is 5.90. The van der Waals surface area contributed by atoms with Crippen LogP contribution in [-0.2, 0) is 27.2 Å².